The van der Waals surface area contributed by atoms with Gasteiger partial charge in [-0.1, -0.05) is 42.5 Å². The van der Waals surface area contributed by atoms with Gasteiger partial charge in [0.1, 0.15) is 0 Å². The SMILES string of the molecule is CN=C(NCC1(c2ccccc2)CCOCC1)N(C)Cc1ccc(SC)cc1. The van der Waals surface area contributed by atoms with Gasteiger partial charge < -0.3 is 15.0 Å². The Morgan fingerprint density at radius 2 is 1.79 bits per heavy atom. The predicted octanol–water partition coefficient (Wildman–Crippen LogP) is 4.16. The molecule has 1 N–H and O–H groups in total. The Kier molecular flexibility index (Phi) is 7.40. The molecular weight excluding hydrogens is 366 g/mol. The van der Waals surface area contributed by atoms with E-state index in [2.05, 4.69) is 83.1 Å². The van der Waals surface area contributed by atoms with Crippen molar-refractivity contribution in [1.82, 2.24) is 10.2 Å². The fourth-order valence-electron chi connectivity index (χ4n) is 3.83. The Hall–Kier alpha value is -1.98. The molecule has 28 heavy (non-hydrogen) atoms. The van der Waals surface area contributed by atoms with Crippen LogP contribution in [0, 0.1) is 0 Å². The number of benzene rings is 2. The maximum Gasteiger partial charge on any atom is 0.193 e. The third kappa shape index (κ3) is 5.09. The summed E-state index contributed by atoms with van der Waals surface area (Å²) in [4.78, 5) is 8.00. The average Bonchev–Trinajstić information content (AvgIpc) is 2.76. The lowest BCUT2D eigenvalue weighted by Crippen LogP contribution is -2.48. The molecule has 3 rings (SSSR count). The molecule has 1 aliphatic rings. The number of rotatable bonds is 6. The van der Waals surface area contributed by atoms with E-state index in [-0.39, 0.29) is 5.41 Å². The van der Waals surface area contributed by atoms with Gasteiger partial charge in [-0.3, -0.25) is 4.99 Å². The number of hydrogen-bond donors (Lipinski definition) is 1. The zero-order chi connectivity index (χ0) is 19.8. The van der Waals surface area contributed by atoms with Gasteiger partial charge in [0, 0.05) is 50.7 Å². The summed E-state index contributed by atoms with van der Waals surface area (Å²) in [5, 5.41) is 3.64. The summed E-state index contributed by atoms with van der Waals surface area (Å²) in [7, 11) is 3.95. The predicted molar refractivity (Wildman–Crippen MR) is 119 cm³/mol. The van der Waals surface area contributed by atoms with Crippen LogP contribution in [0.3, 0.4) is 0 Å². The van der Waals surface area contributed by atoms with Crippen molar-refractivity contribution in [3.8, 4) is 0 Å². The van der Waals surface area contributed by atoms with E-state index in [1.54, 1.807) is 11.8 Å². The Balaban J connectivity index is 1.67. The van der Waals surface area contributed by atoms with Crippen LogP contribution >= 0.6 is 11.8 Å². The number of guanidine groups is 1. The van der Waals surface area contributed by atoms with E-state index < -0.39 is 0 Å². The molecule has 0 amide bonds. The Morgan fingerprint density at radius 3 is 2.39 bits per heavy atom. The molecule has 0 saturated carbocycles. The number of nitrogens with one attached hydrogen (secondary N) is 1. The first-order valence-electron chi connectivity index (χ1n) is 9.85. The minimum absolute atomic E-state index is 0.0935. The minimum Gasteiger partial charge on any atom is -0.381 e. The fraction of sp³-hybridized carbons (Fsp3) is 0.435. The van der Waals surface area contributed by atoms with E-state index in [0.717, 1.165) is 45.1 Å². The molecule has 2 aromatic carbocycles. The van der Waals surface area contributed by atoms with E-state index >= 15 is 0 Å². The Labute approximate surface area is 173 Å². The highest BCUT2D eigenvalue weighted by atomic mass is 32.2. The van der Waals surface area contributed by atoms with E-state index in [1.165, 1.54) is 16.0 Å². The second-order valence-electron chi connectivity index (χ2n) is 7.36. The highest BCUT2D eigenvalue weighted by Crippen LogP contribution is 2.34. The monoisotopic (exact) mass is 397 g/mol. The lowest BCUT2D eigenvalue weighted by molar-refractivity contribution is 0.0512. The van der Waals surface area contributed by atoms with Crippen molar-refractivity contribution in [2.45, 2.75) is 29.7 Å². The van der Waals surface area contributed by atoms with E-state index in [9.17, 15) is 0 Å². The molecule has 0 bridgehead atoms. The van der Waals surface area contributed by atoms with Crippen LogP contribution in [0.1, 0.15) is 24.0 Å². The van der Waals surface area contributed by atoms with Gasteiger partial charge in [-0.2, -0.15) is 0 Å². The maximum atomic E-state index is 5.65. The lowest BCUT2D eigenvalue weighted by Gasteiger charge is -2.39. The smallest absolute Gasteiger partial charge is 0.193 e. The summed E-state index contributed by atoms with van der Waals surface area (Å²) in [6.45, 7) is 3.32. The molecule has 0 unspecified atom stereocenters. The molecule has 4 nitrogen and oxygen atoms in total. The number of hydrogen-bond acceptors (Lipinski definition) is 3. The van der Waals surface area contributed by atoms with Crippen molar-refractivity contribution in [2.24, 2.45) is 4.99 Å². The number of aliphatic imine (C=N–C) groups is 1. The van der Waals surface area contributed by atoms with Crippen molar-refractivity contribution in [3.05, 3.63) is 65.7 Å². The quantitative estimate of drug-likeness (QED) is 0.451. The summed E-state index contributed by atoms with van der Waals surface area (Å²) in [5.74, 6) is 0.927. The lowest BCUT2D eigenvalue weighted by atomic mass is 9.74. The molecule has 1 saturated heterocycles. The molecule has 5 heteroatoms. The van der Waals surface area contributed by atoms with Crippen LogP contribution in [-0.2, 0) is 16.7 Å². The molecule has 0 aromatic heterocycles. The van der Waals surface area contributed by atoms with Gasteiger partial charge in [0.25, 0.3) is 0 Å². The van der Waals surface area contributed by atoms with Crippen molar-refractivity contribution in [1.29, 1.82) is 0 Å². The average molecular weight is 398 g/mol. The first-order chi connectivity index (χ1) is 13.7. The molecule has 0 spiro atoms. The van der Waals surface area contributed by atoms with E-state index in [1.807, 2.05) is 7.05 Å². The molecule has 1 fully saturated rings. The number of ether oxygens (including phenoxy) is 1. The second-order valence-corrected chi connectivity index (χ2v) is 8.24. The van der Waals surface area contributed by atoms with Crippen LogP contribution < -0.4 is 5.32 Å². The molecule has 2 aromatic rings. The largest absolute Gasteiger partial charge is 0.381 e. The standard InChI is InChI=1S/C23H31N3OS/c1-24-22(26(2)17-19-9-11-21(28-3)12-10-19)25-18-23(13-15-27-16-14-23)20-7-5-4-6-8-20/h4-12H,13-18H2,1-3H3,(H,24,25). The van der Waals surface area contributed by atoms with Crippen LogP contribution in [0.2, 0.25) is 0 Å². The first kappa shape index (κ1) is 20.7. The van der Waals surface area contributed by atoms with Crippen LogP contribution in [0.25, 0.3) is 0 Å². The number of nitrogens with zero attached hydrogens (tertiary/aromatic N) is 2. The zero-order valence-electron chi connectivity index (χ0n) is 17.1. The van der Waals surface area contributed by atoms with Gasteiger partial charge >= 0.3 is 0 Å². The molecule has 0 atom stereocenters. The summed E-state index contributed by atoms with van der Waals surface area (Å²) in [6.07, 6.45) is 4.16. The molecule has 1 aliphatic heterocycles. The summed E-state index contributed by atoms with van der Waals surface area (Å²) in [6, 6.07) is 19.6. The van der Waals surface area contributed by atoms with Gasteiger partial charge in [-0.25, -0.2) is 0 Å². The van der Waals surface area contributed by atoms with Gasteiger partial charge in [-0.05, 0) is 42.4 Å². The molecule has 0 radical (unpaired) electrons. The van der Waals surface area contributed by atoms with Crippen LogP contribution in [0.15, 0.2) is 64.5 Å². The molecular formula is C23H31N3OS. The third-order valence-corrected chi connectivity index (χ3v) is 6.32. The minimum atomic E-state index is 0.0935. The summed E-state index contributed by atoms with van der Waals surface area (Å²) >= 11 is 1.77. The zero-order valence-corrected chi connectivity index (χ0v) is 18.0. The molecule has 150 valence electrons. The van der Waals surface area contributed by atoms with Crippen molar-refractivity contribution >= 4 is 17.7 Å². The van der Waals surface area contributed by atoms with E-state index in [0.29, 0.717) is 0 Å². The van der Waals surface area contributed by atoms with Gasteiger partial charge in [0.2, 0.25) is 0 Å². The Bertz CT molecular complexity index is 755. The molecule has 0 aliphatic carbocycles. The van der Waals surface area contributed by atoms with Crippen molar-refractivity contribution in [2.75, 3.05) is 40.1 Å². The maximum absolute atomic E-state index is 5.65. The first-order valence-corrected chi connectivity index (χ1v) is 11.1. The highest BCUT2D eigenvalue weighted by Gasteiger charge is 2.34. The highest BCUT2D eigenvalue weighted by molar-refractivity contribution is 7.98. The summed E-state index contributed by atoms with van der Waals surface area (Å²) in [5.41, 5.74) is 2.76. The van der Waals surface area contributed by atoms with Crippen molar-refractivity contribution in [3.63, 3.8) is 0 Å². The summed E-state index contributed by atoms with van der Waals surface area (Å²) < 4.78 is 5.65. The topological polar surface area (TPSA) is 36.9 Å². The van der Waals surface area contributed by atoms with Gasteiger partial charge in [0.05, 0.1) is 0 Å². The van der Waals surface area contributed by atoms with Crippen molar-refractivity contribution < 1.29 is 4.74 Å². The molecule has 1 heterocycles. The van der Waals surface area contributed by atoms with E-state index in [4.69, 9.17) is 4.74 Å². The third-order valence-electron chi connectivity index (χ3n) is 5.57. The normalized spacial score (nSPS) is 16.6. The van der Waals surface area contributed by atoms with Crippen LogP contribution in [0.4, 0.5) is 0 Å². The number of thioether (sulfide) groups is 1. The Morgan fingerprint density at radius 1 is 1.11 bits per heavy atom. The van der Waals surface area contributed by atoms with Crippen LogP contribution in [-0.4, -0.2) is 51.0 Å². The second kappa shape index (κ2) is 9.99. The van der Waals surface area contributed by atoms with Gasteiger partial charge in [0.15, 0.2) is 5.96 Å². The van der Waals surface area contributed by atoms with Crippen LogP contribution in [0.5, 0.6) is 0 Å². The van der Waals surface area contributed by atoms with Gasteiger partial charge in [-0.15, -0.1) is 11.8 Å². The fourth-order valence-corrected chi connectivity index (χ4v) is 4.24.